The predicted octanol–water partition coefficient (Wildman–Crippen LogP) is 3.62. The van der Waals surface area contributed by atoms with E-state index in [9.17, 15) is 14.7 Å². The van der Waals surface area contributed by atoms with Crippen LogP contribution < -0.4 is 0 Å². The summed E-state index contributed by atoms with van der Waals surface area (Å²) in [6, 6.07) is 9.32. The van der Waals surface area contributed by atoms with Crippen LogP contribution in [-0.2, 0) is 4.79 Å². The van der Waals surface area contributed by atoms with Crippen LogP contribution in [0.1, 0.15) is 22.2 Å². The highest BCUT2D eigenvalue weighted by atomic mass is 35.5. The van der Waals surface area contributed by atoms with Crippen LogP contribution >= 0.6 is 11.6 Å². The summed E-state index contributed by atoms with van der Waals surface area (Å²) < 4.78 is 5.69. The second kappa shape index (κ2) is 7.93. The van der Waals surface area contributed by atoms with Gasteiger partial charge in [0.05, 0.1) is 11.6 Å². The number of furan rings is 1. The van der Waals surface area contributed by atoms with E-state index in [1.165, 1.54) is 4.90 Å². The van der Waals surface area contributed by atoms with Crippen molar-refractivity contribution in [3.8, 4) is 0 Å². The number of ketones is 1. The summed E-state index contributed by atoms with van der Waals surface area (Å²) in [5.41, 5.74) is 1.18. The van der Waals surface area contributed by atoms with Crippen molar-refractivity contribution in [3.63, 3.8) is 0 Å². The fraction of sp³-hybridized carbons (Fsp3) is 0.227. The highest BCUT2D eigenvalue weighted by Gasteiger charge is 2.44. The molecule has 30 heavy (non-hydrogen) atoms. The molecule has 0 saturated carbocycles. The maximum absolute atomic E-state index is 13.4. The summed E-state index contributed by atoms with van der Waals surface area (Å²) in [5.74, 6) is -1.64. The number of pyridine rings is 1. The van der Waals surface area contributed by atoms with Gasteiger partial charge in [0.15, 0.2) is 11.5 Å². The average Bonchev–Trinajstić information content (AvgIpc) is 3.25. The molecule has 3 aromatic rings. The smallest absolute Gasteiger partial charge is 0.290 e. The Morgan fingerprint density at radius 2 is 1.97 bits per heavy atom. The van der Waals surface area contributed by atoms with E-state index in [1.807, 2.05) is 19.0 Å². The van der Waals surface area contributed by atoms with Gasteiger partial charge < -0.3 is 19.3 Å². The number of aliphatic hydroxyl groups excluding tert-OH is 1. The molecule has 1 amide bonds. The molecule has 0 radical (unpaired) electrons. The van der Waals surface area contributed by atoms with Gasteiger partial charge in [-0.1, -0.05) is 11.6 Å². The number of aliphatic hydroxyl groups is 1. The molecule has 3 heterocycles. The maximum Gasteiger partial charge on any atom is 0.290 e. The predicted molar refractivity (Wildman–Crippen MR) is 112 cm³/mol. The molecule has 0 spiro atoms. The topological polar surface area (TPSA) is 86.9 Å². The third-order valence-electron chi connectivity index (χ3n) is 5.06. The molecule has 1 aromatic carbocycles. The number of benzene rings is 1. The zero-order valence-electron chi connectivity index (χ0n) is 16.5. The Morgan fingerprint density at radius 3 is 2.67 bits per heavy atom. The minimum atomic E-state index is -0.732. The van der Waals surface area contributed by atoms with Gasteiger partial charge in [-0.25, -0.2) is 0 Å². The van der Waals surface area contributed by atoms with Crippen molar-refractivity contribution in [1.82, 2.24) is 14.8 Å². The molecule has 0 fully saturated rings. The minimum Gasteiger partial charge on any atom is -0.503 e. The number of Topliss-reactive ketones (excluding diaryl/α,β-unsaturated/α-hetero) is 1. The summed E-state index contributed by atoms with van der Waals surface area (Å²) in [5, 5.41) is 11.8. The van der Waals surface area contributed by atoms with Crippen molar-refractivity contribution in [2.75, 3.05) is 27.2 Å². The molecule has 1 aliphatic rings. The molecule has 154 valence electrons. The maximum atomic E-state index is 13.4. The summed E-state index contributed by atoms with van der Waals surface area (Å²) in [6.07, 6.45) is 3.18. The molecule has 1 N–H and O–H groups in total. The number of rotatable bonds is 6. The fourth-order valence-corrected chi connectivity index (χ4v) is 3.76. The molecule has 8 heteroatoms. The fourth-order valence-electron chi connectivity index (χ4n) is 3.58. The van der Waals surface area contributed by atoms with E-state index in [2.05, 4.69) is 4.98 Å². The largest absolute Gasteiger partial charge is 0.503 e. The van der Waals surface area contributed by atoms with Crippen molar-refractivity contribution < 1.29 is 19.1 Å². The molecule has 0 aliphatic carbocycles. The third kappa shape index (κ3) is 3.58. The van der Waals surface area contributed by atoms with Crippen molar-refractivity contribution in [2.45, 2.75) is 6.04 Å². The van der Waals surface area contributed by atoms with Crippen LogP contribution in [0.3, 0.4) is 0 Å². The number of hydrogen-bond donors (Lipinski definition) is 1. The highest BCUT2D eigenvalue weighted by Crippen LogP contribution is 2.39. The van der Waals surface area contributed by atoms with E-state index < -0.39 is 23.5 Å². The first kappa shape index (κ1) is 20.1. The van der Waals surface area contributed by atoms with E-state index in [0.717, 1.165) is 0 Å². The van der Waals surface area contributed by atoms with Crippen molar-refractivity contribution >= 4 is 34.3 Å². The van der Waals surface area contributed by atoms with Crippen LogP contribution in [-0.4, -0.2) is 58.8 Å². The van der Waals surface area contributed by atoms with Crippen molar-refractivity contribution in [2.24, 2.45) is 0 Å². The van der Waals surface area contributed by atoms with E-state index in [0.29, 0.717) is 34.6 Å². The molecule has 1 unspecified atom stereocenters. The number of fused-ring (bicyclic) bond motifs is 1. The Balaban J connectivity index is 1.78. The van der Waals surface area contributed by atoms with Gasteiger partial charge in [-0.15, -0.1) is 0 Å². The van der Waals surface area contributed by atoms with E-state index in [-0.39, 0.29) is 11.3 Å². The van der Waals surface area contributed by atoms with Gasteiger partial charge in [0.2, 0.25) is 5.78 Å². The second-order valence-corrected chi connectivity index (χ2v) is 7.81. The van der Waals surface area contributed by atoms with Gasteiger partial charge >= 0.3 is 0 Å². The van der Waals surface area contributed by atoms with Crippen LogP contribution in [0.15, 0.2) is 64.5 Å². The number of amides is 1. The zero-order chi connectivity index (χ0) is 21.4. The van der Waals surface area contributed by atoms with Crippen LogP contribution in [0.2, 0.25) is 5.02 Å². The van der Waals surface area contributed by atoms with Gasteiger partial charge in [0.1, 0.15) is 5.58 Å². The Bertz CT molecular complexity index is 1150. The second-order valence-electron chi connectivity index (χ2n) is 7.37. The molecular formula is C22H20ClN3O4. The molecule has 4 rings (SSSR count). The lowest BCUT2D eigenvalue weighted by molar-refractivity contribution is -0.129. The number of carbonyl (C=O) groups is 2. The highest BCUT2D eigenvalue weighted by molar-refractivity contribution is 6.31. The molecular weight excluding hydrogens is 406 g/mol. The Hall–Kier alpha value is -3.16. The number of aromatic nitrogens is 1. The van der Waals surface area contributed by atoms with Crippen LogP contribution in [0, 0.1) is 0 Å². The zero-order valence-corrected chi connectivity index (χ0v) is 17.3. The molecule has 2 aromatic heterocycles. The van der Waals surface area contributed by atoms with Gasteiger partial charge in [-0.05, 0) is 56.1 Å². The van der Waals surface area contributed by atoms with E-state index >= 15 is 0 Å². The quantitative estimate of drug-likeness (QED) is 0.607. The molecule has 0 saturated heterocycles. The van der Waals surface area contributed by atoms with Crippen LogP contribution in [0.25, 0.3) is 11.0 Å². The molecule has 7 nitrogen and oxygen atoms in total. The monoisotopic (exact) mass is 425 g/mol. The van der Waals surface area contributed by atoms with E-state index in [1.54, 1.807) is 48.8 Å². The molecule has 1 atom stereocenters. The Labute approximate surface area is 178 Å². The first-order chi connectivity index (χ1) is 14.4. The normalized spacial score (nSPS) is 16.9. The lowest BCUT2D eigenvalue weighted by atomic mass is 9.95. The van der Waals surface area contributed by atoms with Crippen LogP contribution in [0.4, 0.5) is 0 Å². The number of likely N-dealkylation sites (N-methyl/N-ethyl adjacent to an activating group) is 1. The Morgan fingerprint density at radius 1 is 1.23 bits per heavy atom. The summed E-state index contributed by atoms with van der Waals surface area (Å²) in [7, 11) is 3.78. The van der Waals surface area contributed by atoms with Crippen molar-refractivity contribution in [1.29, 1.82) is 0 Å². The first-order valence-electron chi connectivity index (χ1n) is 9.39. The lowest BCUT2D eigenvalue weighted by Gasteiger charge is -2.27. The van der Waals surface area contributed by atoms with Crippen LogP contribution in [0.5, 0.6) is 0 Å². The summed E-state index contributed by atoms with van der Waals surface area (Å²) in [6.45, 7) is 0.917. The standard InChI is InChI=1S/C22H20ClN3O4/c1-25(2)9-10-26-19(13-5-7-24-8-6-13)18(21(28)22(26)29)20(27)17-12-14-11-15(23)3-4-16(14)30-17/h3-8,11-12,19,28H,9-10H2,1-2H3. The summed E-state index contributed by atoms with van der Waals surface area (Å²) in [4.78, 5) is 33.7. The Kier molecular flexibility index (Phi) is 5.32. The van der Waals surface area contributed by atoms with Gasteiger partial charge in [0, 0.05) is 35.9 Å². The van der Waals surface area contributed by atoms with Crippen molar-refractivity contribution in [3.05, 3.63) is 76.5 Å². The number of carbonyl (C=O) groups excluding carboxylic acids is 2. The number of nitrogens with zero attached hydrogens (tertiary/aromatic N) is 3. The molecule has 0 bridgehead atoms. The third-order valence-corrected chi connectivity index (χ3v) is 5.30. The minimum absolute atomic E-state index is 0.00453. The van der Waals surface area contributed by atoms with Gasteiger partial charge in [-0.3, -0.25) is 14.6 Å². The van der Waals surface area contributed by atoms with Gasteiger partial charge in [0.25, 0.3) is 5.91 Å². The summed E-state index contributed by atoms with van der Waals surface area (Å²) >= 11 is 6.02. The SMILES string of the molecule is CN(C)CCN1C(=O)C(O)=C(C(=O)c2cc3cc(Cl)ccc3o2)C1c1ccncc1. The lowest BCUT2D eigenvalue weighted by Crippen LogP contribution is -2.36. The average molecular weight is 426 g/mol. The first-order valence-corrected chi connectivity index (χ1v) is 9.77. The van der Waals surface area contributed by atoms with Gasteiger partial charge in [-0.2, -0.15) is 0 Å². The molecule has 1 aliphatic heterocycles. The van der Waals surface area contributed by atoms with E-state index in [4.69, 9.17) is 16.0 Å². The number of hydrogen-bond acceptors (Lipinski definition) is 6. The number of halogens is 1.